The van der Waals surface area contributed by atoms with Gasteiger partial charge >= 0.3 is 0 Å². The lowest BCUT2D eigenvalue weighted by molar-refractivity contribution is -0.128. The van der Waals surface area contributed by atoms with E-state index in [2.05, 4.69) is 10.3 Å². The van der Waals surface area contributed by atoms with E-state index in [1.165, 1.54) is 11.0 Å². The van der Waals surface area contributed by atoms with Crippen LogP contribution in [-0.4, -0.2) is 28.8 Å². The number of anilines is 1. The Morgan fingerprint density at radius 3 is 2.75 bits per heavy atom. The SMILES string of the molecule is N#CCN1C(=O)C(O)NC(c2ccccc2Cl)c2nc(Cl)ccc21. The quantitative estimate of drug-likeness (QED) is 0.631. The summed E-state index contributed by atoms with van der Waals surface area (Å²) in [5.74, 6) is -0.642. The predicted octanol–water partition coefficient (Wildman–Crippen LogP) is 2.26. The molecule has 0 bridgehead atoms. The van der Waals surface area contributed by atoms with E-state index in [0.29, 0.717) is 22.0 Å². The van der Waals surface area contributed by atoms with Gasteiger partial charge in [-0.3, -0.25) is 15.0 Å². The molecule has 0 fully saturated rings. The zero-order valence-electron chi connectivity index (χ0n) is 12.3. The van der Waals surface area contributed by atoms with Crippen molar-refractivity contribution in [3.63, 3.8) is 0 Å². The van der Waals surface area contributed by atoms with E-state index >= 15 is 0 Å². The third kappa shape index (κ3) is 2.95. The molecule has 2 aromatic rings. The summed E-state index contributed by atoms with van der Waals surface area (Å²) in [6, 6.07) is 11.4. The molecule has 2 atom stereocenters. The fourth-order valence-electron chi connectivity index (χ4n) is 2.64. The molecule has 0 aliphatic carbocycles. The van der Waals surface area contributed by atoms with Crippen molar-refractivity contribution in [3.8, 4) is 6.07 Å². The summed E-state index contributed by atoms with van der Waals surface area (Å²) in [7, 11) is 0. The molecule has 1 aliphatic heterocycles. The number of hydrogen-bond donors (Lipinski definition) is 2. The van der Waals surface area contributed by atoms with Crippen LogP contribution in [0.4, 0.5) is 5.69 Å². The number of halogens is 2. The number of amides is 1. The average molecular weight is 363 g/mol. The van der Waals surface area contributed by atoms with Crippen LogP contribution in [0.15, 0.2) is 36.4 Å². The molecule has 0 saturated carbocycles. The van der Waals surface area contributed by atoms with Crippen LogP contribution in [0.5, 0.6) is 0 Å². The molecule has 0 radical (unpaired) electrons. The molecule has 6 nitrogen and oxygen atoms in total. The van der Waals surface area contributed by atoms with Crippen LogP contribution >= 0.6 is 23.2 Å². The van der Waals surface area contributed by atoms with E-state index in [-0.39, 0.29) is 11.7 Å². The van der Waals surface area contributed by atoms with Crippen LogP contribution in [0.25, 0.3) is 0 Å². The van der Waals surface area contributed by atoms with Crippen molar-refractivity contribution in [2.75, 3.05) is 11.4 Å². The molecular weight excluding hydrogens is 351 g/mol. The Morgan fingerprint density at radius 2 is 2.04 bits per heavy atom. The van der Waals surface area contributed by atoms with Crippen LogP contribution in [0.3, 0.4) is 0 Å². The van der Waals surface area contributed by atoms with E-state index in [4.69, 9.17) is 28.5 Å². The normalized spacial score (nSPS) is 20.2. The molecule has 3 rings (SSSR count). The first-order valence-electron chi connectivity index (χ1n) is 7.06. The van der Waals surface area contributed by atoms with Gasteiger partial charge in [-0.25, -0.2) is 4.98 Å². The second-order valence-corrected chi connectivity index (χ2v) is 5.94. The minimum Gasteiger partial charge on any atom is -0.370 e. The van der Waals surface area contributed by atoms with Crippen molar-refractivity contribution < 1.29 is 9.90 Å². The second kappa shape index (κ2) is 6.75. The minimum atomic E-state index is -1.51. The van der Waals surface area contributed by atoms with Gasteiger partial charge in [-0.05, 0) is 23.8 Å². The lowest BCUT2D eigenvalue weighted by Crippen LogP contribution is -2.45. The highest BCUT2D eigenvalue weighted by molar-refractivity contribution is 6.31. The van der Waals surface area contributed by atoms with Gasteiger partial charge in [0.1, 0.15) is 11.7 Å². The van der Waals surface area contributed by atoms with Gasteiger partial charge in [-0.1, -0.05) is 41.4 Å². The first kappa shape index (κ1) is 16.7. The van der Waals surface area contributed by atoms with Gasteiger partial charge in [0, 0.05) is 5.02 Å². The highest BCUT2D eigenvalue weighted by Gasteiger charge is 2.35. The van der Waals surface area contributed by atoms with Gasteiger partial charge in [-0.2, -0.15) is 5.26 Å². The summed E-state index contributed by atoms with van der Waals surface area (Å²) >= 11 is 12.3. The molecule has 8 heteroatoms. The van der Waals surface area contributed by atoms with Crippen molar-refractivity contribution >= 4 is 34.8 Å². The lowest BCUT2D eigenvalue weighted by atomic mass is 10.0. The van der Waals surface area contributed by atoms with Gasteiger partial charge in [-0.15, -0.1) is 0 Å². The van der Waals surface area contributed by atoms with Crippen molar-refractivity contribution in [1.82, 2.24) is 10.3 Å². The van der Waals surface area contributed by atoms with E-state index in [1.54, 1.807) is 30.3 Å². The van der Waals surface area contributed by atoms with E-state index < -0.39 is 18.2 Å². The maximum atomic E-state index is 12.4. The maximum absolute atomic E-state index is 12.4. The number of rotatable bonds is 2. The first-order chi connectivity index (χ1) is 11.5. The maximum Gasteiger partial charge on any atom is 0.272 e. The number of carbonyl (C=O) groups excluding carboxylic acids is 1. The van der Waals surface area contributed by atoms with Gasteiger partial charge in [0.25, 0.3) is 5.91 Å². The van der Waals surface area contributed by atoms with Crippen LogP contribution in [0.2, 0.25) is 10.2 Å². The predicted molar refractivity (Wildman–Crippen MR) is 89.7 cm³/mol. The Balaban J connectivity index is 2.22. The van der Waals surface area contributed by atoms with Gasteiger partial charge < -0.3 is 5.11 Å². The highest BCUT2D eigenvalue weighted by atomic mass is 35.5. The molecule has 1 aromatic carbocycles. The summed E-state index contributed by atoms with van der Waals surface area (Å²) in [5, 5.41) is 22.7. The Hall–Kier alpha value is -2.17. The number of nitriles is 1. The number of carbonyl (C=O) groups is 1. The Bertz CT molecular complexity index is 837. The summed E-state index contributed by atoms with van der Waals surface area (Å²) in [5.41, 5.74) is 1.46. The van der Waals surface area contributed by atoms with E-state index in [0.717, 1.165) is 0 Å². The van der Waals surface area contributed by atoms with Crippen LogP contribution < -0.4 is 10.2 Å². The van der Waals surface area contributed by atoms with Gasteiger partial charge in [0.2, 0.25) is 0 Å². The third-order valence-electron chi connectivity index (χ3n) is 3.70. The molecule has 2 heterocycles. The summed E-state index contributed by atoms with van der Waals surface area (Å²) in [6.07, 6.45) is -1.51. The largest absolute Gasteiger partial charge is 0.370 e. The first-order valence-corrected chi connectivity index (χ1v) is 7.82. The van der Waals surface area contributed by atoms with Crippen molar-refractivity contribution in [2.45, 2.75) is 12.3 Å². The summed E-state index contributed by atoms with van der Waals surface area (Å²) in [6.45, 7) is -0.219. The van der Waals surface area contributed by atoms with Crippen molar-refractivity contribution in [2.24, 2.45) is 0 Å². The smallest absolute Gasteiger partial charge is 0.272 e. The molecule has 1 aromatic heterocycles. The molecule has 1 aliphatic rings. The molecule has 1 amide bonds. The number of aliphatic hydroxyl groups is 1. The number of nitrogens with zero attached hydrogens (tertiary/aromatic N) is 3. The number of nitrogens with one attached hydrogen (secondary N) is 1. The molecule has 24 heavy (non-hydrogen) atoms. The van der Waals surface area contributed by atoms with E-state index in [1.807, 2.05) is 6.07 Å². The number of pyridine rings is 1. The van der Waals surface area contributed by atoms with Crippen molar-refractivity contribution in [3.05, 3.63) is 57.8 Å². The Morgan fingerprint density at radius 1 is 1.29 bits per heavy atom. The fraction of sp³-hybridized carbons (Fsp3) is 0.188. The van der Waals surface area contributed by atoms with Gasteiger partial charge in [0.05, 0.1) is 23.5 Å². The number of aliphatic hydroxyl groups excluding tert-OH is 1. The highest BCUT2D eigenvalue weighted by Crippen LogP contribution is 2.36. The molecular formula is C16H12Cl2N4O2. The lowest BCUT2D eigenvalue weighted by Gasteiger charge is -2.21. The fourth-order valence-corrected chi connectivity index (χ4v) is 3.04. The standard InChI is InChI=1S/C16H12Cl2N4O2/c17-10-4-2-1-3-9(10)13-14-11(5-6-12(18)20-14)22(8-7-19)16(24)15(23)21-13/h1-6,13,15,21,23H,8H2. The summed E-state index contributed by atoms with van der Waals surface area (Å²) in [4.78, 5) is 17.9. The molecule has 0 saturated heterocycles. The molecule has 122 valence electrons. The number of fused-ring (bicyclic) bond motifs is 1. The molecule has 2 N–H and O–H groups in total. The molecule has 2 unspecified atom stereocenters. The summed E-state index contributed by atoms with van der Waals surface area (Å²) < 4.78 is 0. The molecule has 0 spiro atoms. The number of hydrogen-bond acceptors (Lipinski definition) is 5. The van der Waals surface area contributed by atoms with Crippen LogP contribution in [0, 0.1) is 11.3 Å². The second-order valence-electron chi connectivity index (χ2n) is 5.14. The topological polar surface area (TPSA) is 89.2 Å². The van der Waals surface area contributed by atoms with E-state index in [9.17, 15) is 9.90 Å². The van der Waals surface area contributed by atoms with Crippen LogP contribution in [-0.2, 0) is 4.79 Å². The number of aromatic nitrogens is 1. The van der Waals surface area contributed by atoms with Gasteiger partial charge in [0.15, 0.2) is 6.23 Å². The van der Waals surface area contributed by atoms with Crippen LogP contribution in [0.1, 0.15) is 17.3 Å². The zero-order valence-corrected chi connectivity index (χ0v) is 13.8. The zero-order chi connectivity index (χ0) is 17.3. The average Bonchev–Trinajstić information content (AvgIpc) is 2.66. The monoisotopic (exact) mass is 362 g/mol. The number of benzene rings is 1. The van der Waals surface area contributed by atoms with Crippen molar-refractivity contribution in [1.29, 1.82) is 5.26 Å². The minimum absolute atomic E-state index is 0.219. The Labute approximate surface area is 148 Å². The Kier molecular flexibility index (Phi) is 4.69. The third-order valence-corrected chi connectivity index (χ3v) is 4.26.